The van der Waals surface area contributed by atoms with Gasteiger partial charge in [0, 0.05) is 13.2 Å². The first-order chi connectivity index (χ1) is 6.67. The molecule has 0 saturated carbocycles. The van der Waals surface area contributed by atoms with Gasteiger partial charge in [-0.1, -0.05) is 6.92 Å². The Kier molecular flexibility index (Phi) is 7.42. The first-order valence-electron chi connectivity index (χ1n) is 5.18. The molecule has 0 rings (SSSR count). The van der Waals surface area contributed by atoms with E-state index in [-0.39, 0.29) is 18.6 Å². The van der Waals surface area contributed by atoms with Crippen LogP contribution in [0.4, 0.5) is 0 Å². The number of ether oxygens (including phenoxy) is 1. The molecule has 0 aromatic heterocycles. The van der Waals surface area contributed by atoms with Crippen LogP contribution >= 0.6 is 0 Å². The standard InChI is InChI=1S/C10H21NO3/c1-4-11(7-6-8-12)9(3)10(13)14-5-2/h9,12H,4-8H2,1-3H3. The molecule has 84 valence electrons. The summed E-state index contributed by atoms with van der Waals surface area (Å²) in [5.41, 5.74) is 0. The predicted molar refractivity (Wildman–Crippen MR) is 55.0 cm³/mol. The average molecular weight is 203 g/mol. The molecule has 0 amide bonds. The molecule has 0 fully saturated rings. The fraction of sp³-hybridized carbons (Fsp3) is 0.900. The number of carbonyl (C=O) groups excluding carboxylic acids is 1. The highest BCUT2D eigenvalue weighted by atomic mass is 16.5. The van der Waals surface area contributed by atoms with Crippen molar-refractivity contribution in [3.05, 3.63) is 0 Å². The van der Waals surface area contributed by atoms with Crippen molar-refractivity contribution >= 4 is 5.97 Å². The zero-order valence-corrected chi connectivity index (χ0v) is 9.32. The first-order valence-corrected chi connectivity index (χ1v) is 5.18. The highest BCUT2D eigenvalue weighted by molar-refractivity contribution is 5.75. The van der Waals surface area contributed by atoms with E-state index in [9.17, 15) is 4.79 Å². The van der Waals surface area contributed by atoms with Crippen LogP contribution in [-0.4, -0.2) is 48.3 Å². The van der Waals surface area contributed by atoms with Gasteiger partial charge >= 0.3 is 5.97 Å². The van der Waals surface area contributed by atoms with Gasteiger partial charge in [0.05, 0.1) is 6.61 Å². The minimum absolute atomic E-state index is 0.159. The number of aliphatic hydroxyl groups is 1. The fourth-order valence-electron chi connectivity index (χ4n) is 1.31. The molecule has 0 radical (unpaired) electrons. The molecule has 1 N–H and O–H groups in total. The Labute approximate surface area is 85.9 Å². The molecule has 0 bridgehead atoms. The highest BCUT2D eigenvalue weighted by Crippen LogP contribution is 2.02. The molecule has 0 aromatic carbocycles. The van der Waals surface area contributed by atoms with E-state index in [2.05, 4.69) is 0 Å². The Balaban J connectivity index is 4.01. The van der Waals surface area contributed by atoms with Gasteiger partial charge < -0.3 is 9.84 Å². The Morgan fingerprint density at radius 3 is 2.57 bits per heavy atom. The van der Waals surface area contributed by atoms with E-state index in [0.29, 0.717) is 13.0 Å². The molecule has 0 aliphatic rings. The SMILES string of the molecule is CCOC(=O)C(C)N(CC)CCCO. The minimum Gasteiger partial charge on any atom is -0.465 e. The van der Waals surface area contributed by atoms with E-state index in [1.807, 2.05) is 18.7 Å². The number of nitrogens with zero attached hydrogens (tertiary/aromatic N) is 1. The molecule has 0 aliphatic carbocycles. The third kappa shape index (κ3) is 4.58. The molecule has 0 saturated heterocycles. The van der Waals surface area contributed by atoms with Gasteiger partial charge in [0.1, 0.15) is 6.04 Å². The lowest BCUT2D eigenvalue weighted by Crippen LogP contribution is -2.40. The summed E-state index contributed by atoms with van der Waals surface area (Å²) in [6.45, 7) is 7.72. The van der Waals surface area contributed by atoms with Crippen LogP contribution in [0.3, 0.4) is 0 Å². The molecular weight excluding hydrogens is 182 g/mol. The molecule has 14 heavy (non-hydrogen) atoms. The molecular formula is C10H21NO3. The van der Waals surface area contributed by atoms with Gasteiger partial charge in [-0.15, -0.1) is 0 Å². The van der Waals surface area contributed by atoms with Crippen molar-refractivity contribution < 1.29 is 14.6 Å². The monoisotopic (exact) mass is 203 g/mol. The molecule has 0 aliphatic heterocycles. The van der Waals surface area contributed by atoms with E-state index in [1.54, 1.807) is 6.92 Å². The van der Waals surface area contributed by atoms with Crippen LogP contribution < -0.4 is 0 Å². The molecule has 1 unspecified atom stereocenters. The van der Waals surface area contributed by atoms with Crippen LogP contribution in [0.1, 0.15) is 27.2 Å². The highest BCUT2D eigenvalue weighted by Gasteiger charge is 2.20. The molecule has 1 atom stereocenters. The summed E-state index contributed by atoms with van der Waals surface area (Å²) in [4.78, 5) is 13.4. The fourth-order valence-corrected chi connectivity index (χ4v) is 1.31. The summed E-state index contributed by atoms with van der Waals surface area (Å²) < 4.78 is 4.92. The van der Waals surface area contributed by atoms with Crippen LogP contribution in [0.2, 0.25) is 0 Å². The van der Waals surface area contributed by atoms with Crippen molar-refractivity contribution in [1.29, 1.82) is 0 Å². The largest absolute Gasteiger partial charge is 0.465 e. The Hall–Kier alpha value is -0.610. The molecule has 4 heteroatoms. The quantitative estimate of drug-likeness (QED) is 0.617. The van der Waals surface area contributed by atoms with E-state index in [0.717, 1.165) is 13.1 Å². The van der Waals surface area contributed by atoms with E-state index < -0.39 is 0 Å². The summed E-state index contributed by atoms with van der Waals surface area (Å²) in [6, 6.07) is -0.216. The van der Waals surface area contributed by atoms with Crippen molar-refractivity contribution in [3.8, 4) is 0 Å². The van der Waals surface area contributed by atoms with Gasteiger partial charge in [0.2, 0.25) is 0 Å². The zero-order chi connectivity index (χ0) is 11.0. The molecule has 0 aromatic rings. The number of carbonyl (C=O) groups is 1. The summed E-state index contributed by atoms with van der Waals surface area (Å²) in [5, 5.41) is 8.69. The maximum atomic E-state index is 11.4. The third-order valence-electron chi connectivity index (χ3n) is 2.19. The van der Waals surface area contributed by atoms with Gasteiger partial charge in [-0.3, -0.25) is 9.69 Å². The van der Waals surface area contributed by atoms with E-state index in [4.69, 9.17) is 9.84 Å². The topological polar surface area (TPSA) is 49.8 Å². The van der Waals surface area contributed by atoms with Crippen molar-refractivity contribution in [2.45, 2.75) is 33.2 Å². The van der Waals surface area contributed by atoms with Gasteiger partial charge in [-0.25, -0.2) is 0 Å². The van der Waals surface area contributed by atoms with Crippen LogP contribution in [-0.2, 0) is 9.53 Å². The summed E-state index contributed by atoms with van der Waals surface area (Å²) in [5.74, 6) is -0.188. The van der Waals surface area contributed by atoms with Crippen molar-refractivity contribution in [2.24, 2.45) is 0 Å². The lowest BCUT2D eigenvalue weighted by Gasteiger charge is -2.25. The maximum absolute atomic E-state index is 11.4. The van der Waals surface area contributed by atoms with E-state index >= 15 is 0 Å². The minimum atomic E-state index is -0.216. The van der Waals surface area contributed by atoms with Crippen LogP contribution in [0.15, 0.2) is 0 Å². The van der Waals surface area contributed by atoms with Crippen molar-refractivity contribution in [3.63, 3.8) is 0 Å². The maximum Gasteiger partial charge on any atom is 0.323 e. The van der Waals surface area contributed by atoms with Gasteiger partial charge in [0.15, 0.2) is 0 Å². The Morgan fingerprint density at radius 1 is 1.50 bits per heavy atom. The van der Waals surface area contributed by atoms with E-state index in [1.165, 1.54) is 0 Å². The lowest BCUT2D eigenvalue weighted by atomic mass is 10.2. The number of aliphatic hydroxyl groups excluding tert-OH is 1. The molecule has 0 heterocycles. The van der Waals surface area contributed by atoms with Gasteiger partial charge in [0.25, 0.3) is 0 Å². The van der Waals surface area contributed by atoms with Crippen molar-refractivity contribution in [1.82, 2.24) is 4.90 Å². The Morgan fingerprint density at radius 2 is 2.14 bits per heavy atom. The second-order valence-electron chi connectivity index (χ2n) is 3.13. The number of hydrogen-bond donors (Lipinski definition) is 1. The number of esters is 1. The third-order valence-corrected chi connectivity index (χ3v) is 2.19. The number of likely N-dealkylation sites (N-methyl/N-ethyl adjacent to an activating group) is 1. The van der Waals surface area contributed by atoms with Crippen LogP contribution in [0.25, 0.3) is 0 Å². The molecule has 0 spiro atoms. The average Bonchev–Trinajstić information content (AvgIpc) is 2.19. The second kappa shape index (κ2) is 7.76. The van der Waals surface area contributed by atoms with Crippen LogP contribution in [0.5, 0.6) is 0 Å². The second-order valence-corrected chi connectivity index (χ2v) is 3.13. The van der Waals surface area contributed by atoms with Gasteiger partial charge in [-0.2, -0.15) is 0 Å². The molecule has 4 nitrogen and oxygen atoms in total. The predicted octanol–water partition coefficient (Wildman–Crippen LogP) is 0.642. The Bertz CT molecular complexity index is 161. The summed E-state index contributed by atoms with van der Waals surface area (Å²) in [6.07, 6.45) is 0.692. The summed E-state index contributed by atoms with van der Waals surface area (Å²) in [7, 11) is 0. The first kappa shape index (κ1) is 13.4. The van der Waals surface area contributed by atoms with Crippen LogP contribution in [0, 0.1) is 0 Å². The van der Waals surface area contributed by atoms with Gasteiger partial charge in [-0.05, 0) is 26.8 Å². The normalized spacial score (nSPS) is 12.9. The smallest absolute Gasteiger partial charge is 0.323 e. The number of hydrogen-bond acceptors (Lipinski definition) is 4. The number of rotatable bonds is 7. The zero-order valence-electron chi connectivity index (χ0n) is 9.32. The lowest BCUT2D eigenvalue weighted by molar-refractivity contribution is -0.148. The summed E-state index contributed by atoms with van der Waals surface area (Å²) >= 11 is 0. The van der Waals surface area contributed by atoms with Crippen molar-refractivity contribution in [2.75, 3.05) is 26.3 Å².